The molecule has 1 saturated carbocycles. The quantitative estimate of drug-likeness (QED) is 0.0834. The Bertz CT molecular complexity index is 1740. The van der Waals surface area contributed by atoms with E-state index in [1.807, 2.05) is 72.8 Å². The first-order valence-corrected chi connectivity index (χ1v) is 20.4. The molecule has 0 N–H and O–H groups in total. The van der Waals surface area contributed by atoms with Crippen LogP contribution < -0.4 is 9.47 Å². The lowest BCUT2D eigenvalue weighted by Gasteiger charge is -2.28. The standard InChI is InChI=1S/C44H50O5S2/c1-3-5-7-8-27-47-29-31-15-17-32(18-16-31)30-49-34-21-25-36(26-22-34)51-40-14-10-12-38-42(40)44(46)37-11-9-13-39(41(37)43(38)45)50-35-23-19-33(20-24-35)48-28-6-4-2/h9-14,19-26,31-32H,3-8,15-18,27-30H2,1-2H3. The summed E-state index contributed by atoms with van der Waals surface area (Å²) in [7, 11) is 0. The molecule has 0 heterocycles. The number of ether oxygens (including phenoxy) is 3. The van der Waals surface area contributed by atoms with Crippen LogP contribution in [-0.4, -0.2) is 38.0 Å². The van der Waals surface area contributed by atoms with E-state index >= 15 is 0 Å². The van der Waals surface area contributed by atoms with Crippen molar-refractivity contribution in [3.05, 3.63) is 107 Å². The molecule has 5 nitrogen and oxygen atoms in total. The third-order valence-corrected chi connectivity index (χ3v) is 11.9. The first kappa shape index (κ1) is 37.2. The van der Waals surface area contributed by atoms with Crippen LogP contribution >= 0.6 is 23.5 Å². The average Bonchev–Trinajstić information content (AvgIpc) is 3.16. The fourth-order valence-corrected chi connectivity index (χ4v) is 8.76. The van der Waals surface area contributed by atoms with Crippen LogP contribution in [0, 0.1) is 11.8 Å². The third-order valence-electron chi connectivity index (χ3n) is 9.81. The SMILES string of the molecule is CCCCCCOCC1CCC(COc2ccc(Sc3cccc4c3C(=O)c3cccc(Sc5ccc(OCCCC)cc5)c3C4=O)cc2)CC1. The predicted molar refractivity (Wildman–Crippen MR) is 207 cm³/mol. The van der Waals surface area contributed by atoms with E-state index in [-0.39, 0.29) is 11.6 Å². The number of carbonyl (C=O) groups is 2. The number of fused-ring (bicyclic) bond motifs is 2. The molecule has 0 radical (unpaired) electrons. The second-order valence-electron chi connectivity index (χ2n) is 13.7. The number of carbonyl (C=O) groups excluding carboxylic acids is 2. The zero-order chi connectivity index (χ0) is 35.4. The van der Waals surface area contributed by atoms with Crippen LogP contribution in [0.2, 0.25) is 0 Å². The summed E-state index contributed by atoms with van der Waals surface area (Å²) in [5.41, 5.74) is 1.87. The predicted octanol–water partition coefficient (Wildman–Crippen LogP) is 11.7. The molecule has 4 aromatic rings. The van der Waals surface area contributed by atoms with Gasteiger partial charge in [-0.1, -0.05) is 87.3 Å². The largest absolute Gasteiger partial charge is 0.494 e. The van der Waals surface area contributed by atoms with E-state index in [0.29, 0.717) is 40.7 Å². The maximum absolute atomic E-state index is 14.0. The monoisotopic (exact) mass is 722 g/mol. The van der Waals surface area contributed by atoms with E-state index in [9.17, 15) is 9.59 Å². The molecule has 0 atom stereocenters. The summed E-state index contributed by atoms with van der Waals surface area (Å²) in [5.74, 6) is 2.73. The summed E-state index contributed by atoms with van der Waals surface area (Å²) in [4.78, 5) is 31.6. The lowest BCUT2D eigenvalue weighted by atomic mass is 9.83. The Kier molecular flexibility index (Phi) is 13.7. The highest BCUT2D eigenvalue weighted by Crippen LogP contribution is 2.41. The summed E-state index contributed by atoms with van der Waals surface area (Å²) in [6.07, 6.45) is 11.9. The maximum atomic E-state index is 14.0. The molecule has 0 aliphatic heterocycles. The van der Waals surface area contributed by atoms with Crippen LogP contribution in [0.25, 0.3) is 0 Å². The van der Waals surface area contributed by atoms with E-state index in [2.05, 4.69) is 13.8 Å². The number of hydrogen-bond acceptors (Lipinski definition) is 7. The molecule has 6 rings (SSSR count). The van der Waals surface area contributed by atoms with Gasteiger partial charge in [-0.05, 0) is 111 Å². The minimum Gasteiger partial charge on any atom is -0.494 e. The second-order valence-corrected chi connectivity index (χ2v) is 15.9. The van der Waals surface area contributed by atoms with Crippen molar-refractivity contribution in [2.24, 2.45) is 11.8 Å². The van der Waals surface area contributed by atoms with E-state index in [4.69, 9.17) is 14.2 Å². The van der Waals surface area contributed by atoms with Gasteiger partial charge in [-0.3, -0.25) is 9.59 Å². The fourth-order valence-electron chi connectivity index (χ4n) is 6.80. The highest BCUT2D eigenvalue weighted by atomic mass is 32.2. The minimum absolute atomic E-state index is 0.113. The zero-order valence-corrected chi connectivity index (χ0v) is 31.6. The van der Waals surface area contributed by atoms with Gasteiger partial charge in [0.15, 0.2) is 11.6 Å². The average molecular weight is 723 g/mol. The summed E-state index contributed by atoms with van der Waals surface area (Å²) in [5, 5.41) is 0. The van der Waals surface area contributed by atoms with Gasteiger partial charge in [0.05, 0.1) is 13.2 Å². The molecular weight excluding hydrogens is 673 g/mol. The van der Waals surface area contributed by atoms with E-state index in [1.54, 1.807) is 12.1 Å². The summed E-state index contributed by atoms with van der Waals surface area (Å²) >= 11 is 3.00. The van der Waals surface area contributed by atoms with Crippen molar-refractivity contribution in [1.82, 2.24) is 0 Å². The van der Waals surface area contributed by atoms with Crippen molar-refractivity contribution >= 4 is 35.1 Å². The molecule has 1 fully saturated rings. The van der Waals surface area contributed by atoms with Gasteiger partial charge in [-0.2, -0.15) is 0 Å². The molecule has 268 valence electrons. The van der Waals surface area contributed by atoms with E-state index < -0.39 is 0 Å². The van der Waals surface area contributed by atoms with Gasteiger partial charge >= 0.3 is 0 Å². The lowest BCUT2D eigenvalue weighted by Crippen LogP contribution is -2.22. The smallest absolute Gasteiger partial charge is 0.195 e. The Labute approximate surface area is 312 Å². The van der Waals surface area contributed by atoms with Crippen molar-refractivity contribution < 1.29 is 23.8 Å². The molecule has 4 aromatic carbocycles. The van der Waals surface area contributed by atoms with Gasteiger partial charge in [0, 0.05) is 55.0 Å². The van der Waals surface area contributed by atoms with E-state index in [1.165, 1.54) is 74.9 Å². The number of hydrogen-bond donors (Lipinski definition) is 0. The molecule has 0 bridgehead atoms. The van der Waals surface area contributed by atoms with Crippen molar-refractivity contribution in [2.75, 3.05) is 26.4 Å². The van der Waals surface area contributed by atoms with Crippen LogP contribution in [0.15, 0.2) is 105 Å². The molecule has 0 amide bonds. The van der Waals surface area contributed by atoms with Gasteiger partial charge < -0.3 is 14.2 Å². The molecule has 0 spiro atoms. The van der Waals surface area contributed by atoms with Gasteiger partial charge in [-0.15, -0.1) is 0 Å². The number of unbranched alkanes of at least 4 members (excludes halogenated alkanes) is 4. The van der Waals surface area contributed by atoms with Crippen LogP contribution in [0.1, 0.15) is 110 Å². The van der Waals surface area contributed by atoms with Crippen LogP contribution in [0.4, 0.5) is 0 Å². The molecule has 2 aliphatic rings. The van der Waals surface area contributed by atoms with Crippen molar-refractivity contribution in [3.63, 3.8) is 0 Å². The van der Waals surface area contributed by atoms with Gasteiger partial charge in [0.25, 0.3) is 0 Å². The molecule has 51 heavy (non-hydrogen) atoms. The van der Waals surface area contributed by atoms with Crippen molar-refractivity contribution in [2.45, 2.75) is 97.6 Å². The Morgan fingerprint density at radius 3 is 1.59 bits per heavy atom. The van der Waals surface area contributed by atoms with Crippen molar-refractivity contribution in [3.8, 4) is 11.5 Å². The Morgan fingerprint density at radius 1 is 0.549 bits per heavy atom. The number of rotatable bonds is 18. The summed E-state index contributed by atoms with van der Waals surface area (Å²) in [6.45, 7) is 7.62. The topological polar surface area (TPSA) is 61.8 Å². The van der Waals surface area contributed by atoms with Crippen LogP contribution in [-0.2, 0) is 4.74 Å². The first-order valence-electron chi connectivity index (χ1n) is 18.8. The maximum Gasteiger partial charge on any atom is 0.195 e. The molecule has 0 aromatic heterocycles. The number of benzene rings is 4. The molecular formula is C44H50O5S2. The summed E-state index contributed by atoms with van der Waals surface area (Å²) in [6, 6.07) is 27.1. The Hall–Kier alpha value is -3.52. The zero-order valence-electron chi connectivity index (χ0n) is 30.0. The third kappa shape index (κ3) is 9.88. The first-order chi connectivity index (χ1) is 25.0. The molecule has 0 saturated heterocycles. The Balaban J connectivity index is 1.04. The number of ketones is 2. The molecule has 0 unspecified atom stereocenters. The summed E-state index contributed by atoms with van der Waals surface area (Å²) < 4.78 is 18.0. The minimum atomic E-state index is -0.114. The second kappa shape index (κ2) is 18.8. The van der Waals surface area contributed by atoms with Gasteiger partial charge in [0.2, 0.25) is 0 Å². The van der Waals surface area contributed by atoms with Gasteiger partial charge in [0.1, 0.15) is 11.5 Å². The molecule has 7 heteroatoms. The fraction of sp³-hybridized carbons (Fsp3) is 0.409. The normalized spacial score (nSPS) is 16.8. The van der Waals surface area contributed by atoms with Gasteiger partial charge in [-0.25, -0.2) is 0 Å². The van der Waals surface area contributed by atoms with E-state index in [0.717, 1.165) is 63.7 Å². The highest BCUT2D eigenvalue weighted by molar-refractivity contribution is 7.99. The van der Waals surface area contributed by atoms with Crippen LogP contribution in [0.5, 0.6) is 11.5 Å². The molecule has 2 aliphatic carbocycles. The Morgan fingerprint density at radius 2 is 1.06 bits per heavy atom. The highest BCUT2D eigenvalue weighted by Gasteiger charge is 2.34. The lowest BCUT2D eigenvalue weighted by molar-refractivity contribution is 0.0694. The van der Waals surface area contributed by atoms with Crippen molar-refractivity contribution in [1.29, 1.82) is 0 Å². The van der Waals surface area contributed by atoms with Crippen LogP contribution in [0.3, 0.4) is 0 Å².